The van der Waals surface area contributed by atoms with Gasteiger partial charge in [-0.25, -0.2) is 0 Å². The van der Waals surface area contributed by atoms with Crippen LogP contribution < -0.4 is 10.6 Å². The molecule has 244 valence electrons. The molecule has 3 aliphatic carbocycles. The van der Waals surface area contributed by atoms with E-state index in [1.54, 1.807) is 7.05 Å². The molecule has 3 fully saturated rings. The maximum absolute atomic E-state index is 13.2. The molecule has 0 bridgehead atoms. The lowest BCUT2D eigenvalue weighted by molar-refractivity contribution is -0.128. The molecule has 0 spiro atoms. The van der Waals surface area contributed by atoms with Gasteiger partial charge in [0.05, 0.1) is 6.10 Å². The second-order valence-electron chi connectivity index (χ2n) is 13.5. The Kier molecular flexibility index (Phi) is 16.0. The molecular weight excluding hydrogens is 536 g/mol. The maximum Gasteiger partial charge on any atom is 0.223 e. The summed E-state index contributed by atoms with van der Waals surface area (Å²) in [5.41, 5.74) is 4.05. The first-order valence-corrected chi connectivity index (χ1v) is 16.9. The molecule has 0 aliphatic heterocycles. The summed E-state index contributed by atoms with van der Waals surface area (Å²) in [6.07, 6.45) is 20.9. The number of allylic oxidation sites excluding steroid dienone is 4. The number of hydrogen-bond acceptors (Lipinski definition) is 4. The summed E-state index contributed by atoms with van der Waals surface area (Å²) in [4.78, 5) is 36.6. The minimum atomic E-state index is -0.247. The first kappa shape index (κ1) is 37.0. The zero-order valence-corrected chi connectivity index (χ0v) is 26.8. The van der Waals surface area contributed by atoms with Gasteiger partial charge in [0, 0.05) is 38.8 Å². The van der Waals surface area contributed by atoms with E-state index in [0.29, 0.717) is 49.8 Å². The fraction of sp³-hybridized carbons (Fsp3) is 0.757. The SMILES string of the molecule is C.C=C1CC[C@H](O)C/C1=C/C=C1\CCC[C@@]2(C)C1CCC2C(C)C(=O)NCCCCCC(=O)CCCCCCC(=O)NC. The molecule has 0 aromatic rings. The molecule has 5 atom stereocenters. The maximum atomic E-state index is 13.2. The highest BCUT2D eigenvalue weighted by molar-refractivity contribution is 5.79. The van der Waals surface area contributed by atoms with Crippen LogP contribution in [-0.2, 0) is 14.4 Å². The lowest BCUT2D eigenvalue weighted by Gasteiger charge is -2.44. The van der Waals surface area contributed by atoms with Gasteiger partial charge in [0.1, 0.15) is 5.78 Å². The van der Waals surface area contributed by atoms with E-state index in [9.17, 15) is 19.5 Å². The number of fused-ring (bicyclic) bond motifs is 1. The lowest BCUT2D eigenvalue weighted by Crippen LogP contribution is -2.41. The van der Waals surface area contributed by atoms with Gasteiger partial charge in [-0.2, -0.15) is 0 Å². The molecule has 3 N–H and O–H groups in total. The highest BCUT2D eigenvalue weighted by atomic mass is 16.3. The summed E-state index contributed by atoms with van der Waals surface area (Å²) in [5.74, 6) is 1.53. The van der Waals surface area contributed by atoms with Crippen molar-refractivity contribution in [2.24, 2.45) is 23.2 Å². The van der Waals surface area contributed by atoms with Crippen molar-refractivity contribution in [1.82, 2.24) is 10.6 Å². The van der Waals surface area contributed by atoms with Crippen molar-refractivity contribution in [3.63, 3.8) is 0 Å². The van der Waals surface area contributed by atoms with Crippen LogP contribution in [0.3, 0.4) is 0 Å². The summed E-state index contributed by atoms with van der Waals surface area (Å²) >= 11 is 0. The minimum Gasteiger partial charge on any atom is -0.393 e. The van der Waals surface area contributed by atoms with Gasteiger partial charge in [-0.05, 0) is 99.9 Å². The number of unbranched alkanes of at least 4 members (excludes halogenated alkanes) is 5. The Bertz CT molecular complexity index is 999. The second-order valence-corrected chi connectivity index (χ2v) is 13.5. The fourth-order valence-corrected chi connectivity index (χ4v) is 7.89. The Morgan fingerprint density at radius 1 is 0.977 bits per heavy atom. The van der Waals surface area contributed by atoms with E-state index in [2.05, 4.69) is 43.2 Å². The monoisotopic (exact) mass is 598 g/mol. The van der Waals surface area contributed by atoms with Crippen molar-refractivity contribution in [2.75, 3.05) is 13.6 Å². The number of aliphatic hydroxyl groups excluding tert-OH is 1. The van der Waals surface area contributed by atoms with E-state index < -0.39 is 0 Å². The van der Waals surface area contributed by atoms with Crippen molar-refractivity contribution in [2.45, 2.75) is 143 Å². The van der Waals surface area contributed by atoms with E-state index in [0.717, 1.165) is 77.0 Å². The second kappa shape index (κ2) is 18.6. The number of Topliss-reactive ketones (excluding diaryl/α,β-unsaturated/α-hetero) is 1. The van der Waals surface area contributed by atoms with Gasteiger partial charge in [0.25, 0.3) is 0 Å². The zero-order valence-electron chi connectivity index (χ0n) is 26.8. The van der Waals surface area contributed by atoms with Crippen LogP contribution in [0.5, 0.6) is 0 Å². The van der Waals surface area contributed by atoms with E-state index in [-0.39, 0.29) is 36.7 Å². The molecule has 6 nitrogen and oxygen atoms in total. The van der Waals surface area contributed by atoms with Crippen LogP contribution in [-0.4, -0.2) is 42.4 Å². The van der Waals surface area contributed by atoms with Crippen LogP contribution >= 0.6 is 0 Å². The summed E-state index contributed by atoms with van der Waals surface area (Å²) in [6, 6.07) is 0. The smallest absolute Gasteiger partial charge is 0.223 e. The molecule has 3 saturated carbocycles. The highest BCUT2D eigenvalue weighted by Gasteiger charge is 2.51. The average molecular weight is 599 g/mol. The van der Waals surface area contributed by atoms with Gasteiger partial charge < -0.3 is 15.7 Å². The number of carbonyl (C=O) groups excluding carboxylic acids is 3. The Balaban J connectivity index is 0.00000645. The van der Waals surface area contributed by atoms with Crippen LogP contribution in [0.4, 0.5) is 0 Å². The van der Waals surface area contributed by atoms with E-state index >= 15 is 0 Å². The third-order valence-electron chi connectivity index (χ3n) is 10.6. The Morgan fingerprint density at radius 2 is 1.65 bits per heavy atom. The summed E-state index contributed by atoms with van der Waals surface area (Å²) in [7, 11) is 1.66. The standard InChI is InChI=1S/C36H58N2O4.CH4/c1-26-17-20-31(40)25-29(26)19-18-28-13-12-23-36(3)32(21-22-33(28)36)27(2)35(42)38-24-11-7-9-15-30(39)14-8-5-6-10-16-34(41)37-4;/h18-19,27,31-33,40H,1,5-17,20-25H2,2-4H3,(H,37,41)(H,38,42);1H4/b28-18+,29-19-;/t27?,31-,32?,33?,36+;/m0./s1. The van der Waals surface area contributed by atoms with Gasteiger partial charge in [0.15, 0.2) is 0 Å². The molecule has 0 aromatic heterocycles. The first-order chi connectivity index (χ1) is 20.2. The van der Waals surface area contributed by atoms with Crippen LogP contribution in [0.25, 0.3) is 0 Å². The topological polar surface area (TPSA) is 95.5 Å². The van der Waals surface area contributed by atoms with Crippen LogP contribution in [0, 0.1) is 23.2 Å². The van der Waals surface area contributed by atoms with Crippen LogP contribution in [0.1, 0.15) is 137 Å². The Labute approximate surface area is 262 Å². The quantitative estimate of drug-likeness (QED) is 0.158. The van der Waals surface area contributed by atoms with Crippen LogP contribution in [0.2, 0.25) is 0 Å². The number of aliphatic hydroxyl groups is 1. The van der Waals surface area contributed by atoms with E-state index in [1.165, 1.54) is 29.6 Å². The van der Waals surface area contributed by atoms with Crippen LogP contribution in [0.15, 0.2) is 35.5 Å². The van der Waals surface area contributed by atoms with Gasteiger partial charge in [-0.3, -0.25) is 14.4 Å². The van der Waals surface area contributed by atoms with Gasteiger partial charge in [-0.1, -0.05) is 70.4 Å². The molecule has 0 heterocycles. The largest absolute Gasteiger partial charge is 0.393 e. The molecule has 3 rings (SSSR count). The summed E-state index contributed by atoms with van der Waals surface area (Å²) in [5, 5.41) is 15.9. The molecule has 2 amide bonds. The molecular formula is C37H62N2O4. The van der Waals surface area contributed by atoms with Crippen molar-refractivity contribution >= 4 is 17.6 Å². The molecule has 0 radical (unpaired) electrons. The number of ketones is 1. The predicted octanol–water partition coefficient (Wildman–Crippen LogP) is 7.76. The molecule has 3 aliphatic rings. The molecule has 6 heteroatoms. The minimum absolute atomic E-state index is 0. The van der Waals surface area contributed by atoms with Crippen molar-refractivity contribution in [3.8, 4) is 0 Å². The number of carbonyl (C=O) groups is 3. The number of hydrogen-bond donors (Lipinski definition) is 3. The molecule has 3 unspecified atom stereocenters. The molecule has 0 saturated heterocycles. The normalized spacial score (nSPS) is 27.8. The van der Waals surface area contributed by atoms with E-state index in [4.69, 9.17) is 0 Å². The van der Waals surface area contributed by atoms with Gasteiger partial charge in [0.2, 0.25) is 11.8 Å². The first-order valence-electron chi connectivity index (χ1n) is 16.9. The lowest BCUT2D eigenvalue weighted by atomic mass is 9.61. The highest BCUT2D eigenvalue weighted by Crippen LogP contribution is 2.59. The average Bonchev–Trinajstić information content (AvgIpc) is 3.33. The Morgan fingerprint density at radius 3 is 2.35 bits per heavy atom. The van der Waals surface area contributed by atoms with Crippen molar-refractivity contribution < 1.29 is 19.5 Å². The predicted molar refractivity (Wildman–Crippen MR) is 177 cm³/mol. The zero-order chi connectivity index (χ0) is 30.5. The third-order valence-corrected chi connectivity index (χ3v) is 10.6. The van der Waals surface area contributed by atoms with Gasteiger partial charge >= 0.3 is 0 Å². The fourth-order valence-electron chi connectivity index (χ4n) is 7.89. The summed E-state index contributed by atoms with van der Waals surface area (Å²) in [6.45, 7) is 9.45. The van der Waals surface area contributed by atoms with E-state index in [1.807, 2.05) is 0 Å². The third kappa shape index (κ3) is 11.0. The molecule has 0 aromatic carbocycles. The number of nitrogens with one attached hydrogen (secondary N) is 2. The van der Waals surface area contributed by atoms with Crippen molar-refractivity contribution in [1.29, 1.82) is 0 Å². The van der Waals surface area contributed by atoms with Crippen molar-refractivity contribution in [3.05, 3.63) is 35.5 Å². The molecule has 43 heavy (non-hydrogen) atoms. The van der Waals surface area contributed by atoms with Gasteiger partial charge in [-0.15, -0.1) is 0 Å². The Hall–Kier alpha value is -2.21. The summed E-state index contributed by atoms with van der Waals surface area (Å²) < 4.78 is 0. The number of rotatable bonds is 16. The number of amides is 2.